The van der Waals surface area contributed by atoms with Gasteiger partial charge in [0.05, 0.1) is 12.7 Å². The maximum Gasteiger partial charge on any atom is 0.303 e. The van der Waals surface area contributed by atoms with Crippen molar-refractivity contribution >= 4 is 17.8 Å². The molecule has 0 spiro atoms. The Bertz CT molecular complexity index is 466. The summed E-state index contributed by atoms with van der Waals surface area (Å²) in [7, 11) is 0. The van der Waals surface area contributed by atoms with Crippen molar-refractivity contribution in [3.63, 3.8) is 0 Å². The molecule has 5 atom stereocenters. The SMILES string of the molecule is CC(=O)NC1C(OC(C)=O)[C@H](OC(C)=O)C(CO)O[C@H]1OC(C)C. The highest BCUT2D eigenvalue weighted by molar-refractivity contribution is 5.73. The summed E-state index contributed by atoms with van der Waals surface area (Å²) in [6, 6.07) is -0.902. The molecule has 24 heavy (non-hydrogen) atoms. The minimum Gasteiger partial charge on any atom is -0.456 e. The minimum atomic E-state index is -1.08. The fourth-order valence-electron chi connectivity index (χ4n) is 2.49. The van der Waals surface area contributed by atoms with Crippen molar-refractivity contribution in [2.45, 2.75) is 71.4 Å². The summed E-state index contributed by atoms with van der Waals surface area (Å²) in [5, 5.41) is 12.1. The van der Waals surface area contributed by atoms with Crippen LogP contribution in [-0.4, -0.2) is 66.3 Å². The Kier molecular flexibility index (Phi) is 7.59. The average Bonchev–Trinajstić information content (AvgIpc) is 2.42. The van der Waals surface area contributed by atoms with Crippen LogP contribution in [0.4, 0.5) is 0 Å². The molecule has 0 aromatic rings. The van der Waals surface area contributed by atoms with E-state index in [1.807, 2.05) is 0 Å². The zero-order valence-electron chi connectivity index (χ0n) is 14.5. The maximum absolute atomic E-state index is 11.5. The number of carbonyl (C=O) groups excluding carboxylic acids is 3. The highest BCUT2D eigenvalue weighted by Crippen LogP contribution is 2.27. The number of carbonyl (C=O) groups is 3. The second kappa shape index (κ2) is 8.95. The summed E-state index contributed by atoms with van der Waals surface area (Å²) in [6.07, 6.45) is -4.35. The fourth-order valence-corrected chi connectivity index (χ4v) is 2.49. The molecular formula is C15H25NO8. The van der Waals surface area contributed by atoms with Gasteiger partial charge in [-0.1, -0.05) is 0 Å². The molecule has 0 bridgehead atoms. The molecule has 0 aliphatic carbocycles. The van der Waals surface area contributed by atoms with E-state index in [1.165, 1.54) is 20.8 Å². The number of ether oxygens (including phenoxy) is 4. The lowest BCUT2D eigenvalue weighted by Gasteiger charge is -2.45. The molecule has 0 aromatic heterocycles. The molecule has 0 radical (unpaired) electrons. The van der Waals surface area contributed by atoms with Gasteiger partial charge in [-0.2, -0.15) is 0 Å². The van der Waals surface area contributed by atoms with Gasteiger partial charge in [-0.25, -0.2) is 0 Å². The second-order valence-corrected chi connectivity index (χ2v) is 5.78. The summed E-state index contributed by atoms with van der Waals surface area (Å²) in [4.78, 5) is 34.4. The highest BCUT2D eigenvalue weighted by atomic mass is 16.7. The van der Waals surface area contributed by atoms with Gasteiger partial charge >= 0.3 is 11.9 Å². The number of esters is 2. The van der Waals surface area contributed by atoms with Crippen molar-refractivity contribution in [3.8, 4) is 0 Å². The van der Waals surface area contributed by atoms with Crippen LogP contribution in [0.2, 0.25) is 0 Å². The lowest BCUT2D eigenvalue weighted by molar-refractivity contribution is -0.284. The van der Waals surface area contributed by atoms with Gasteiger partial charge in [-0.05, 0) is 13.8 Å². The zero-order chi connectivity index (χ0) is 18.4. The Morgan fingerprint density at radius 3 is 2.04 bits per heavy atom. The minimum absolute atomic E-state index is 0.256. The van der Waals surface area contributed by atoms with E-state index in [0.29, 0.717) is 0 Å². The van der Waals surface area contributed by atoms with Gasteiger partial charge < -0.3 is 29.4 Å². The Labute approximate surface area is 140 Å². The molecule has 138 valence electrons. The van der Waals surface area contributed by atoms with E-state index in [0.717, 1.165) is 0 Å². The average molecular weight is 347 g/mol. The van der Waals surface area contributed by atoms with Crippen LogP contribution < -0.4 is 5.32 Å². The van der Waals surface area contributed by atoms with Crippen LogP contribution in [-0.2, 0) is 33.3 Å². The Morgan fingerprint density at radius 2 is 1.62 bits per heavy atom. The lowest BCUT2D eigenvalue weighted by atomic mass is 9.96. The number of amides is 1. The summed E-state index contributed by atoms with van der Waals surface area (Å²) >= 11 is 0. The topological polar surface area (TPSA) is 120 Å². The molecule has 1 aliphatic heterocycles. The normalized spacial score (nSPS) is 29.9. The van der Waals surface area contributed by atoms with Crippen LogP contribution in [0, 0.1) is 0 Å². The van der Waals surface area contributed by atoms with Crippen molar-refractivity contribution in [1.29, 1.82) is 0 Å². The second-order valence-electron chi connectivity index (χ2n) is 5.78. The Hall–Kier alpha value is -1.71. The molecule has 1 amide bonds. The van der Waals surface area contributed by atoms with Crippen LogP contribution in [0.1, 0.15) is 34.6 Å². The molecule has 0 saturated carbocycles. The number of hydrogen-bond acceptors (Lipinski definition) is 8. The number of nitrogens with one attached hydrogen (secondary N) is 1. The first kappa shape index (κ1) is 20.3. The lowest BCUT2D eigenvalue weighted by Crippen LogP contribution is -2.66. The van der Waals surface area contributed by atoms with Crippen LogP contribution in [0.15, 0.2) is 0 Å². The smallest absolute Gasteiger partial charge is 0.303 e. The molecular weight excluding hydrogens is 322 g/mol. The van der Waals surface area contributed by atoms with Gasteiger partial charge in [-0.3, -0.25) is 14.4 Å². The van der Waals surface area contributed by atoms with Crippen molar-refractivity contribution < 1.29 is 38.4 Å². The van der Waals surface area contributed by atoms with E-state index in [4.69, 9.17) is 18.9 Å². The monoisotopic (exact) mass is 347 g/mol. The fraction of sp³-hybridized carbons (Fsp3) is 0.800. The van der Waals surface area contributed by atoms with Gasteiger partial charge in [0.2, 0.25) is 5.91 Å². The van der Waals surface area contributed by atoms with Gasteiger partial charge in [0.15, 0.2) is 18.5 Å². The maximum atomic E-state index is 11.5. The number of aliphatic hydroxyl groups is 1. The Balaban J connectivity index is 3.20. The van der Waals surface area contributed by atoms with Crippen LogP contribution in [0.5, 0.6) is 0 Å². The summed E-state index contributed by atoms with van der Waals surface area (Å²) < 4.78 is 21.7. The van der Waals surface area contributed by atoms with Crippen molar-refractivity contribution in [2.75, 3.05) is 6.61 Å². The summed E-state index contributed by atoms with van der Waals surface area (Å²) in [5.74, 6) is -1.67. The van der Waals surface area contributed by atoms with Crippen molar-refractivity contribution in [1.82, 2.24) is 5.32 Å². The number of rotatable bonds is 6. The molecule has 1 saturated heterocycles. The largest absolute Gasteiger partial charge is 0.456 e. The van der Waals surface area contributed by atoms with Crippen LogP contribution in [0.25, 0.3) is 0 Å². The van der Waals surface area contributed by atoms with Gasteiger partial charge in [0.1, 0.15) is 12.1 Å². The summed E-state index contributed by atoms with van der Waals surface area (Å²) in [6.45, 7) is 6.71. The van der Waals surface area contributed by atoms with Gasteiger partial charge in [0, 0.05) is 20.8 Å². The molecule has 3 unspecified atom stereocenters. The predicted molar refractivity (Wildman–Crippen MR) is 80.7 cm³/mol. The first-order valence-corrected chi connectivity index (χ1v) is 7.69. The van der Waals surface area contributed by atoms with E-state index < -0.39 is 55.1 Å². The predicted octanol–water partition coefficient (Wildman–Crippen LogP) is -0.503. The molecule has 1 rings (SSSR count). The number of aliphatic hydroxyl groups excluding tert-OH is 1. The summed E-state index contributed by atoms with van der Waals surface area (Å²) in [5.41, 5.74) is 0. The van der Waals surface area contributed by atoms with Gasteiger partial charge in [0.25, 0.3) is 0 Å². The standard InChI is InChI=1S/C15H25NO8/c1-7(2)21-15-12(16-8(3)18)14(23-10(5)20)13(22-9(4)19)11(6-17)24-15/h7,11-15,17H,6H2,1-5H3,(H,16,18)/t11?,12?,13-,14?,15-/m1/s1. The first-order valence-electron chi connectivity index (χ1n) is 7.69. The number of hydrogen-bond donors (Lipinski definition) is 2. The third-order valence-electron chi connectivity index (χ3n) is 3.21. The van der Waals surface area contributed by atoms with Crippen molar-refractivity contribution in [2.24, 2.45) is 0 Å². The first-order chi connectivity index (χ1) is 11.1. The molecule has 1 heterocycles. The van der Waals surface area contributed by atoms with E-state index in [2.05, 4.69) is 5.32 Å². The third kappa shape index (κ3) is 5.73. The molecule has 9 nitrogen and oxygen atoms in total. The highest BCUT2D eigenvalue weighted by Gasteiger charge is 2.50. The van der Waals surface area contributed by atoms with E-state index in [-0.39, 0.29) is 6.10 Å². The zero-order valence-corrected chi connectivity index (χ0v) is 14.5. The van der Waals surface area contributed by atoms with Crippen LogP contribution >= 0.6 is 0 Å². The van der Waals surface area contributed by atoms with E-state index in [1.54, 1.807) is 13.8 Å². The Morgan fingerprint density at radius 1 is 1.08 bits per heavy atom. The van der Waals surface area contributed by atoms with Gasteiger partial charge in [-0.15, -0.1) is 0 Å². The molecule has 2 N–H and O–H groups in total. The van der Waals surface area contributed by atoms with E-state index in [9.17, 15) is 19.5 Å². The molecule has 1 fully saturated rings. The quantitative estimate of drug-likeness (QED) is 0.617. The third-order valence-corrected chi connectivity index (χ3v) is 3.21. The van der Waals surface area contributed by atoms with Crippen LogP contribution in [0.3, 0.4) is 0 Å². The molecule has 0 aromatic carbocycles. The molecule has 1 aliphatic rings. The molecule has 9 heteroatoms. The van der Waals surface area contributed by atoms with Crippen molar-refractivity contribution in [3.05, 3.63) is 0 Å². The van der Waals surface area contributed by atoms with E-state index >= 15 is 0 Å².